The molecule has 3 aromatic heterocycles. The predicted octanol–water partition coefficient (Wildman–Crippen LogP) is 4.60. The van der Waals surface area contributed by atoms with Gasteiger partial charge in [0.2, 0.25) is 5.91 Å². The first-order valence-electron chi connectivity index (χ1n) is 10.3. The Hall–Kier alpha value is -2.78. The second-order valence-electron chi connectivity index (χ2n) is 7.86. The molecule has 4 aromatic rings. The van der Waals surface area contributed by atoms with Crippen LogP contribution in [-0.4, -0.2) is 26.2 Å². The monoisotopic (exact) mass is 470 g/mol. The SMILES string of the molecule is CC(C)CCn1c(SCC(=O)NCc2ccc(F)cc2)nc2c(sc3ncccc32)c1=O. The Morgan fingerprint density at radius 2 is 2.03 bits per heavy atom. The summed E-state index contributed by atoms with van der Waals surface area (Å²) in [7, 11) is 0. The Balaban J connectivity index is 1.57. The number of carbonyl (C=O) groups is 1. The van der Waals surface area contributed by atoms with Crippen LogP contribution in [0, 0.1) is 11.7 Å². The number of halogens is 1. The third-order valence-corrected chi connectivity index (χ3v) is 7.05. The minimum Gasteiger partial charge on any atom is -0.351 e. The van der Waals surface area contributed by atoms with Crippen molar-refractivity contribution in [3.05, 3.63) is 64.3 Å². The van der Waals surface area contributed by atoms with Crippen molar-refractivity contribution in [2.24, 2.45) is 5.92 Å². The van der Waals surface area contributed by atoms with Gasteiger partial charge >= 0.3 is 0 Å². The topological polar surface area (TPSA) is 76.9 Å². The molecule has 4 rings (SSSR count). The molecule has 0 aliphatic heterocycles. The molecule has 1 aromatic carbocycles. The molecular weight excluding hydrogens is 447 g/mol. The summed E-state index contributed by atoms with van der Waals surface area (Å²) in [5, 5.41) is 4.21. The first-order chi connectivity index (χ1) is 15.4. The van der Waals surface area contributed by atoms with E-state index in [4.69, 9.17) is 4.98 Å². The number of thiophene rings is 1. The van der Waals surface area contributed by atoms with Gasteiger partial charge in [-0.2, -0.15) is 0 Å². The van der Waals surface area contributed by atoms with Crippen molar-refractivity contribution < 1.29 is 9.18 Å². The van der Waals surface area contributed by atoms with Crippen LogP contribution >= 0.6 is 23.1 Å². The van der Waals surface area contributed by atoms with Crippen LogP contribution in [-0.2, 0) is 17.9 Å². The molecule has 0 spiro atoms. The number of thioether (sulfide) groups is 1. The smallest absolute Gasteiger partial charge is 0.272 e. The molecule has 0 bridgehead atoms. The lowest BCUT2D eigenvalue weighted by Gasteiger charge is -2.13. The number of benzene rings is 1. The summed E-state index contributed by atoms with van der Waals surface area (Å²) < 4.78 is 15.3. The van der Waals surface area contributed by atoms with Gasteiger partial charge in [0.05, 0.1) is 11.3 Å². The molecule has 3 heterocycles. The zero-order chi connectivity index (χ0) is 22.7. The molecule has 1 N–H and O–H groups in total. The van der Waals surface area contributed by atoms with E-state index in [0.29, 0.717) is 34.4 Å². The van der Waals surface area contributed by atoms with E-state index >= 15 is 0 Å². The summed E-state index contributed by atoms with van der Waals surface area (Å²) >= 11 is 2.60. The summed E-state index contributed by atoms with van der Waals surface area (Å²) in [5.74, 6) is 0.0632. The standard InChI is InChI=1S/C23H23FN4O2S2/c1-14(2)9-11-28-22(30)20-19(17-4-3-10-25-21(17)32-20)27-23(28)31-13-18(29)26-12-15-5-7-16(24)8-6-15/h3-8,10,14H,9,11-13H2,1-2H3,(H,26,29). The Morgan fingerprint density at radius 3 is 2.78 bits per heavy atom. The molecule has 0 saturated heterocycles. The van der Waals surface area contributed by atoms with Crippen LogP contribution in [0.2, 0.25) is 0 Å². The number of nitrogens with zero attached hydrogens (tertiary/aromatic N) is 3. The zero-order valence-electron chi connectivity index (χ0n) is 17.8. The van der Waals surface area contributed by atoms with E-state index in [0.717, 1.165) is 22.2 Å². The zero-order valence-corrected chi connectivity index (χ0v) is 19.4. The summed E-state index contributed by atoms with van der Waals surface area (Å²) in [6.07, 6.45) is 2.54. The third-order valence-electron chi connectivity index (χ3n) is 4.98. The van der Waals surface area contributed by atoms with Gasteiger partial charge in [0, 0.05) is 24.7 Å². The molecule has 0 aliphatic rings. The van der Waals surface area contributed by atoms with Gasteiger partial charge in [0.15, 0.2) is 5.16 Å². The number of amides is 1. The van der Waals surface area contributed by atoms with Gasteiger partial charge in [-0.3, -0.25) is 14.2 Å². The van der Waals surface area contributed by atoms with E-state index in [1.165, 1.54) is 35.2 Å². The largest absolute Gasteiger partial charge is 0.351 e. The highest BCUT2D eigenvalue weighted by molar-refractivity contribution is 7.99. The second kappa shape index (κ2) is 9.79. The van der Waals surface area contributed by atoms with Crippen LogP contribution in [0.3, 0.4) is 0 Å². The van der Waals surface area contributed by atoms with E-state index in [2.05, 4.69) is 24.1 Å². The van der Waals surface area contributed by atoms with Gasteiger partial charge in [-0.25, -0.2) is 14.4 Å². The number of hydrogen-bond donors (Lipinski definition) is 1. The van der Waals surface area contributed by atoms with Gasteiger partial charge < -0.3 is 5.32 Å². The summed E-state index contributed by atoms with van der Waals surface area (Å²) in [6, 6.07) is 9.74. The quantitative estimate of drug-likeness (QED) is 0.301. The molecule has 1 amide bonds. The lowest BCUT2D eigenvalue weighted by Crippen LogP contribution is -2.26. The average Bonchev–Trinajstić information content (AvgIpc) is 3.15. The van der Waals surface area contributed by atoms with E-state index < -0.39 is 0 Å². The number of rotatable bonds is 8. The maximum atomic E-state index is 13.3. The molecule has 166 valence electrons. The number of fused-ring (bicyclic) bond motifs is 3. The van der Waals surface area contributed by atoms with Crippen molar-refractivity contribution in [3.63, 3.8) is 0 Å². The fraction of sp³-hybridized carbons (Fsp3) is 0.304. The Labute approximate surface area is 192 Å². The summed E-state index contributed by atoms with van der Waals surface area (Å²) in [4.78, 5) is 35.6. The van der Waals surface area contributed by atoms with Crippen LogP contribution in [0.4, 0.5) is 4.39 Å². The highest BCUT2D eigenvalue weighted by Gasteiger charge is 2.18. The van der Waals surface area contributed by atoms with E-state index in [9.17, 15) is 14.0 Å². The first-order valence-corrected chi connectivity index (χ1v) is 12.1. The van der Waals surface area contributed by atoms with Gasteiger partial charge in [-0.1, -0.05) is 37.7 Å². The minimum absolute atomic E-state index is 0.0899. The maximum absolute atomic E-state index is 13.3. The molecule has 0 radical (unpaired) electrons. The highest BCUT2D eigenvalue weighted by atomic mass is 32.2. The molecule has 6 nitrogen and oxygen atoms in total. The molecule has 32 heavy (non-hydrogen) atoms. The predicted molar refractivity (Wildman–Crippen MR) is 128 cm³/mol. The Morgan fingerprint density at radius 1 is 1.25 bits per heavy atom. The van der Waals surface area contributed by atoms with Crippen LogP contribution in [0.15, 0.2) is 52.5 Å². The van der Waals surface area contributed by atoms with Gasteiger partial charge in [0.1, 0.15) is 15.3 Å². The Bertz CT molecular complexity index is 1320. The molecule has 0 fully saturated rings. The number of aromatic nitrogens is 3. The van der Waals surface area contributed by atoms with E-state index in [1.54, 1.807) is 22.9 Å². The first kappa shape index (κ1) is 22.4. The van der Waals surface area contributed by atoms with Gasteiger partial charge in [-0.05, 0) is 42.2 Å². The van der Waals surface area contributed by atoms with Crippen molar-refractivity contribution in [1.29, 1.82) is 0 Å². The average molecular weight is 471 g/mol. The van der Waals surface area contributed by atoms with Gasteiger partial charge in [0.25, 0.3) is 5.56 Å². The molecule has 0 saturated carbocycles. The number of carbonyl (C=O) groups excluding carboxylic acids is 1. The molecule has 9 heteroatoms. The Kier molecular flexibility index (Phi) is 6.86. The van der Waals surface area contributed by atoms with Crippen LogP contribution in [0.25, 0.3) is 20.4 Å². The van der Waals surface area contributed by atoms with Crippen LogP contribution in [0.1, 0.15) is 25.8 Å². The maximum Gasteiger partial charge on any atom is 0.272 e. The number of pyridine rings is 1. The van der Waals surface area contributed by atoms with Crippen molar-refractivity contribution in [2.45, 2.75) is 38.5 Å². The lowest BCUT2D eigenvalue weighted by molar-refractivity contribution is -0.118. The van der Waals surface area contributed by atoms with E-state index in [1.807, 2.05) is 12.1 Å². The fourth-order valence-electron chi connectivity index (χ4n) is 3.22. The van der Waals surface area contributed by atoms with Gasteiger partial charge in [-0.15, -0.1) is 11.3 Å². The molecule has 0 aliphatic carbocycles. The fourth-order valence-corrected chi connectivity index (χ4v) is 5.10. The van der Waals surface area contributed by atoms with Crippen LogP contribution in [0.5, 0.6) is 0 Å². The second-order valence-corrected chi connectivity index (χ2v) is 9.80. The summed E-state index contributed by atoms with van der Waals surface area (Å²) in [6.45, 7) is 5.07. The highest BCUT2D eigenvalue weighted by Crippen LogP contribution is 2.30. The van der Waals surface area contributed by atoms with Crippen molar-refractivity contribution >= 4 is 49.4 Å². The number of nitrogens with one attached hydrogen (secondary N) is 1. The molecular formula is C23H23FN4O2S2. The lowest BCUT2D eigenvalue weighted by atomic mass is 10.1. The van der Waals surface area contributed by atoms with E-state index in [-0.39, 0.29) is 23.0 Å². The van der Waals surface area contributed by atoms with Crippen molar-refractivity contribution in [2.75, 3.05) is 5.75 Å². The van der Waals surface area contributed by atoms with Crippen LogP contribution < -0.4 is 10.9 Å². The summed E-state index contributed by atoms with van der Waals surface area (Å²) in [5.41, 5.74) is 1.36. The number of hydrogen-bond acceptors (Lipinski definition) is 6. The third kappa shape index (κ3) is 4.99. The van der Waals surface area contributed by atoms with Crippen molar-refractivity contribution in [3.8, 4) is 0 Å². The molecule has 0 atom stereocenters. The minimum atomic E-state index is -0.312. The van der Waals surface area contributed by atoms with Crippen molar-refractivity contribution in [1.82, 2.24) is 19.9 Å². The normalized spacial score (nSPS) is 11.5. The molecule has 0 unspecified atom stereocenters.